The molecule has 0 atom stereocenters. The summed E-state index contributed by atoms with van der Waals surface area (Å²) in [4.78, 5) is 4.90. The quantitative estimate of drug-likeness (QED) is 0.114. The highest BCUT2D eigenvalue weighted by molar-refractivity contribution is 6.29. The second-order valence-corrected chi connectivity index (χ2v) is 23.0. The summed E-state index contributed by atoms with van der Waals surface area (Å²) in [5.74, 6) is 0. The van der Waals surface area contributed by atoms with Crippen molar-refractivity contribution in [3.8, 4) is 22.3 Å². The number of fused-ring (bicyclic) bond motifs is 6. The van der Waals surface area contributed by atoms with Gasteiger partial charge in [-0.25, -0.2) is 0 Å². The summed E-state index contributed by atoms with van der Waals surface area (Å²) in [5.41, 5.74) is 18.0. The third kappa shape index (κ3) is 7.79. The molecule has 0 fully saturated rings. The van der Waals surface area contributed by atoms with Gasteiger partial charge in [0, 0.05) is 54.8 Å². The summed E-state index contributed by atoms with van der Waals surface area (Å²) in [6.07, 6.45) is 1.98. The molecule has 0 radical (unpaired) electrons. The predicted octanol–water partition coefficient (Wildman–Crippen LogP) is 22.3. The number of benzene rings is 12. The molecular formula is C75H62N2O2. The topological polar surface area (TPSA) is 32.8 Å². The molecule has 14 aromatic rings. The highest BCUT2D eigenvalue weighted by Gasteiger charge is 2.30. The Balaban J connectivity index is 1.04. The highest BCUT2D eigenvalue weighted by Crippen LogP contribution is 2.52. The van der Waals surface area contributed by atoms with Gasteiger partial charge in [-0.05, 0) is 128 Å². The summed E-state index contributed by atoms with van der Waals surface area (Å²) < 4.78 is 14.5. The van der Waals surface area contributed by atoms with E-state index < -0.39 is 0 Å². The Labute approximate surface area is 462 Å². The molecule has 12 aromatic carbocycles. The van der Waals surface area contributed by atoms with Gasteiger partial charge < -0.3 is 18.6 Å². The van der Waals surface area contributed by atoms with Crippen LogP contribution >= 0.6 is 0 Å². The van der Waals surface area contributed by atoms with Crippen molar-refractivity contribution in [1.82, 2.24) is 0 Å². The largest absolute Gasteiger partial charge is 0.454 e. The fourth-order valence-corrected chi connectivity index (χ4v) is 12.5. The molecule has 14 rings (SSSR count). The molecule has 2 aromatic heterocycles. The minimum atomic E-state index is -0.0759. The minimum absolute atomic E-state index is 0.0742. The van der Waals surface area contributed by atoms with E-state index in [1.807, 2.05) is 0 Å². The predicted molar refractivity (Wildman–Crippen MR) is 336 cm³/mol. The van der Waals surface area contributed by atoms with Gasteiger partial charge in [-0.3, -0.25) is 0 Å². The highest BCUT2D eigenvalue weighted by atomic mass is 16.3. The van der Waals surface area contributed by atoms with Crippen LogP contribution in [0.15, 0.2) is 233 Å². The second-order valence-electron chi connectivity index (χ2n) is 23.0. The Morgan fingerprint density at radius 3 is 1.25 bits per heavy atom. The first-order chi connectivity index (χ1) is 38.5. The molecule has 0 bridgehead atoms. The monoisotopic (exact) mass is 1020 g/mol. The van der Waals surface area contributed by atoms with Crippen molar-refractivity contribution in [2.75, 3.05) is 9.80 Å². The van der Waals surface area contributed by atoms with Crippen LogP contribution in [0, 0.1) is 6.92 Å². The number of nitrogens with zero attached hydrogens (tertiary/aromatic N) is 2. The number of furan rings is 2. The normalized spacial score (nSPS) is 12.3. The van der Waals surface area contributed by atoms with E-state index in [1.54, 1.807) is 0 Å². The molecule has 0 spiro atoms. The Kier molecular flexibility index (Phi) is 11.3. The maximum atomic E-state index is 7.28. The zero-order valence-electron chi connectivity index (χ0n) is 46.0. The number of rotatable bonds is 12. The van der Waals surface area contributed by atoms with Crippen LogP contribution in [-0.4, -0.2) is 0 Å². The smallest absolute Gasteiger partial charge is 0.159 e. The van der Waals surface area contributed by atoms with Gasteiger partial charge in [0.25, 0.3) is 0 Å². The van der Waals surface area contributed by atoms with E-state index in [4.69, 9.17) is 8.83 Å². The van der Waals surface area contributed by atoms with Crippen LogP contribution in [-0.2, 0) is 10.8 Å². The first-order valence-corrected chi connectivity index (χ1v) is 28.0. The van der Waals surface area contributed by atoms with Crippen LogP contribution in [0.5, 0.6) is 0 Å². The minimum Gasteiger partial charge on any atom is -0.454 e. The maximum absolute atomic E-state index is 7.28. The summed E-state index contributed by atoms with van der Waals surface area (Å²) >= 11 is 0. The van der Waals surface area contributed by atoms with E-state index in [-0.39, 0.29) is 10.8 Å². The van der Waals surface area contributed by atoms with Crippen molar-refractivity contribution >= 4 is 110 Å². The molecule has 0 aliphatic heterocycles. The average molecular weight is 1020 g/mol. The molecular weight excluding hydrogens is 961 g/mol. The van der Waals surface area contributed by atoms with Gasteiger partial charge in [0.1, 0.15) is 11.2 Å². The van der Waals surface area contributed by atoms with Crippen molar-refractivity contribution in [3.05, 3.63) is 241 Å². The zero-order chi connectivity index (χ0) is 53.7. The van der Waals surface area contributed by atoms with Crippen LogP contribution in [0.1, 0.15) is 71.1 Å². The number of aryl methyl sites for hydroxylation is 1. The third-order valence-corrected chi connectivity index (χ3v) is 17.5. The lowest BCUT2D eigenvalue weighted by atomic mass is 9.81. The molecule has 0 amide bonds. The van der Waals surface area contributed by atoms with Gasteiger partial charge in [-0.2, -0.15) is 0 Å². The van der Waals surface area contributed by atoms with E-state index in [0.717, 1.165) is 113 Å². The fraction of sp³-hybridized carbons (Fsp3) is 0.147. The van der Waals surface area contributed by atoms with E-state index in [9.17, 15) is 0 Å². The summed E-state index contributed by atoms with van der Waals surface area (Å²) in [6.45, 7) is 16.0. The SMILES string of the molecule is CCC(C)(C)c1cccc2c1oc1c(N(c3cccc(-c4ccccc4)c3)c3ccc4ccc5c(N(c6cc(C)cc(-c7ccccc7)c6)c6cccc7c6oc6c(C(C)(C)CC)cccc67)ccc6ccc3c4c65)cccc12. The van der Waals surface area contributed by atoms with E-state index in [0.29, 0.717) is 0 Å². The second kappa shape index (κ2) is 18.5. The maximum Gasteiger partial charge on any atom is 0.159 e. The Hall–Kier alpha value is -9.12. The number of hydrogen-bond acceptors (Lipinski definition) is 4. The van der Waals surface area contributed by atoms with Crippen molar-refractivity contribution in [3.63, 3.8) is 0 Å². The lowest BCUT2D eigenvalue weighted by molar-refractivity contribution is 0.500. The van der Waals surface area contributed by atoms with Gasteiger partial charge in [-0.1, -0.05) is 217 Å². The molecule has 79 heavy (non-hydrogen) atoms. The van der Waals surface area contributed by atoms with Gasteiger partial charge in [0.2, 0.25) is 0 Å². The van der Waals surface area contributed by atoms with Crippen LogP contribution in [0.25, 0.3) is 98.4 Å². The van der Waals surface area contributed by atoms with E-state index in [2.05, 4.69) is 283 Å². The number of para-hydroxylation sites is 4. The molecule has 0 saturated carbocycles. The van der Waals surface area contributed by atoms with Crippen LogP contribution in [0.4, 0.5) is 34.1 Å². The molecule has 4 heteroatoms. The number of hydrogen-bond donors (Lipinski definition) is 0. The van der Waals surface area contributed by atoms with Crippen LogP contribution in [0.3, 0.4) is 0 Å². The van der Waals surface area contributed by atoms with Crippen molar-refractivity contribution in [1.29, 1.82) is 0 Å². The van der Waals surface area contributed by atoms with Crippen LogP contribution in [0.2, 0.25) is 0 Å². The lowest BCUT2D eigenvalue weighted by Gasteiger charge is -2.30. The average Bonchev–Trinajstić information content (AvgIpc) is 3.78. The third-order valence-electron chi connectivity index (χ3n) is 17.5. The standard InChI is InChI=1S/C75H62N2O2/c1-8-74(4,5)62-31-17-27-56-58-29-19-33-66(72(58)78-70(56)62)76(54-26-16-25-52(45-54)48-21-12-10-13-22-48)64-41-37-50-36-40-61-65(42-38-51-35-39-60(64)68(50)69(51)61)77(55-44-47(3)43-53(46-55)49-23-14-11-15-24-49)67-34-20-30-59-57-28-18-32-63(75(6,7)9-2)71(57)79-73(59)67/h10-46H,8-9H2,1-7H3. The van der Waals surface area contributed by atoms with Crippen molar-refractivity contribution in [2.45, 2.75) is 72.1 Å². The van der Waals surface area contributed by atoms with E-state index >= 15 is 0 Å². The fourth-order valence-electron chi connectivity index (χ4n) is 12.5. The summed E-state index contributed by atoms with van der Waals surface area (Å²) in [7, 11) is 0. The lowest BCUT2D eigenvalue weighted by Crippen LogP contribution is -2.15. The van der Waals surface area contributed by atoms with Crippen molar-refractivity contribution in [2.24, 2.45) is 0 Å². The van der Waals surface area contributed by atoms with E-state index in [1.165, 1.54) is 49.4 Å². The molecule has 2 heterocycles. The molecule has 0 N–H and O–H groups in total. The molecule has 4 nitrogen and oxygen atoms in total. The van der Waals surface area contributed by atoms with Crippen molar-refractivity contribution < 1.29 is 8.83 Å². The van der Waals surface area contributed by atoms with Gasteiger partial charge in [0.05, 0.1) is 22.7 Å². The first kappa shape index (κ1) is 48.3. The Morgan fingerprint density at radius 1 is 0.329 bits per heavy atom. The van der Waals surface area contributed by atoms with Crippen LogP contribution < -0.4 is 9.80 Å². The molecule has 0 unspecified atom stereocenters. The van der Waals surface area contributed by atoms with Gasteiger partial charge >= 0.3 is 0 Å². The summed E-state index contributed by atoms with van der Waals surface area (Å²) in [5, 5.41) is 11.6. The summed E-state index contributed by atoms with van der Waals surface area (Å²) in [6, 6.07) is 82.5. The van der Waals surface area contributed by atoms with Gasteiger partial charge in [-0.15, -0.1) is 0 Å². The van der Waals surface area contributed by atoms with Gasteiger partial charge in [0.15, 0.2) is 11.2 Å². The Morgan fingerprint density at radius 2 is 0.747 bits per heavy atom. The molecule has 384 valence electrons. The first-order valence-electron chi connectivity index (χ1n) is 28.0. The zero-order valence-corrected chi connectivity index (χ0v) is 46.0. The number of anilines is 6. The molecule has 0 saturated heterocycles. The molecule has 0 aliphatic carbocycles. The Bertz CT molecular complexity index is 4660. The molecule has 0 aliphatic rings.